The van der Waals surface area contributed by atoms with Crippen LogP contribution in [0.2, 0.25) is 0 Å². The van der Waals surface area contributed by atoms with Crippen molar-refractivity contribution in [1.29, 1.82) is 0 Å². The Hall–Kier alpha value is -0.980. The third kappa shape index (κ3) is 15.0. The number of hydrogen-bond acceptors (Lipinski definition) is 1. The molecule has 0 amide bonds. The molecule has 0 fully saturated rings. The molecule has 0 aliphatic heterocycles. The molecule has 0 heterocycles. The van der Waals surface area contributed by atoms with Gasteiger partial charge >= 0.3 is 0 Å². The van der Waals surface area contributed by atoms with Crippen LogP contribution in [-0.2, 0) is 0 Å². The molecule has 0 atom stereocenters. The highest BCUT2D eigenvalue weighted by Gasteiger charge is 1.90. The van der Waals surface area contributed by atoms with Crippen LogP contribution in [0.1, 0.15) is 67.7 Å². The van der Waals surface area contributed by atoms with Crippen LogP contribution >= 0.6 is 0 Å². The van der Waals surface area contributed by atoms with Gasteiger partial charge in [0.05, 0.1) is 6.61 Å². The van der Waals surface area contributed by atoms with Crippen molar-refractivity contribution in [2.45, 2.75) is 67.7 Å². The van der Waals surface area contributed by atoms with Gasteiger partial charge in [-0.1, -0.05) is 79.5 Å². The molecule has 0 N–H and O–H groups in total. The molecule has 0 aromatic heterocycles. The molecule has 108 valence electrons. The summed E-state index contributed by atoms with van der Waals surface area (Å²) in [6.45, 7) is 11.1. The number of hydrogen-bond donors (Lipinski definition) is 0. The zero-order valence-corrected chi connectivity index (χ0v) is 12.3. The quantitative estimate of drug-likeness (QED) is 0.539. The standard InChI is InChI=1S/C12H18O.2C2H6.CH4/c1-2-3-4-8-11-13-12-9-6-5-7-10-12;2*1-2;/h5-7,9-10H,2-4,8,11H2,1H3;2*1-2H3;1H4. The number of ether oxygens (including phenoxy) is 1. The van der Waals surface area contributed by atoms with Crippen molar-refractivity contribution in [2.75, 3.05) is 6.61 Å². The first-order valence-corrected chi connectivity index (χ1v) is 7.11. The lowest BCUT2D eigenvalue weighted by Crippen LogP contribution is -1.96. The van der Waals surface area contributed by atoms with E-state index in [2.05, 4.69) is 6.92 Å². The molecule has 0 radical (unpaired) electrons. The van der Waals surface area contributed by atoms with Gasteiger partial charge in [-0.3, -0.25) is 0 Å². The van der Waals surface area contributed by atoms with Crippen molar-refractivity contribution in [3.63, 3.8) is 0 Å². The Kier molecular flexibility index (Phi) is 26.3. The molecule has 18 heavy (non-hydrogen) atoms. The van der Waals surface area contributed by atoms with Gasteiger partial charge in [0.25, 0.3) is 0 Å². The summed E-state index contributed by atoms with van der Waals surface area (Å²) in [6.07, 6.45) is 5.05. The van der Waals surface area contributed by atoms with Crippen molar-refractivity contribution >= 4 is 0 Å². The highest BCUT2D eigenvalue weighted by Crippen LogP contribution is 2.09. The lowest BCUT2D eigenvalue weighted by Gasteiger charge is -2.04. The predicted molar refractivity (Wildman–Crippen MR) is 85.5 cm³/mol. The maximum Gasteiger partial charge on any atom is 0.119 e. The summed E-state index contributed by atoms with van der Waals surface area (Å²) >= 11 is 0. The van der Waals surface area contributed by atoms with Crippen molar-refractivity contribution in [1.82, 2.24) is 0 Å². The van der Waals surface area contributed by atoms with Crippen LogP contribution in [0.3, 0.4) is 0 Å². The lowest BCUT2D eigenvalue weighted by atomic mass is 10.2. The fourth-order valence-corrected chi connectivity index (χ4v) is 1.24. The van der Waals surface area contributed by atoms with Crippen molar-refractivity contribution in [3.8, 4) is 5.75 Å². The van der Waals surface area contributed by atoms with E-state index in [9.17, 15) is 0 Å². The highest BCUT2D eigenvalue weighted by molar-refractivity contribution is 5.20. The highest BCUT2D eigenvalue weighted by atomic mass is 16.5. The fraction of sp³-hybridized carbons (Fsp3) is 0.647. The largest absolute Gasteiger partial charge is 0.494 e. The normalized spacial score (nSPS) is 7.83. The molecular formula is C17H34O. The van der Waals surface area contributed by atoms with E-state index in [0.717, 1.165) is 12.4 Å². The zero-order chi connectivity index (χ0) is 13.4. The van der Waals surface area contributed by atoms with E-state index in [4.69, 9.17) is 4.74 Å². The van der Waals surface area contributed by atoms with Gasteiger partial charge in [-0.2, -0.15) is 0 Å². The monoisotopic (exact) mass is 254 g/mol. The minimum atomic E-state index is 0. The Morgan fingerprint density at radius 3 is 1.89 bits per heavy atom. The van der Waals surface area contributed by atoms with Crippen LogP contribution in [0, 0.1) is 0 Å². The second kappa shape index (κ2) is 21.3. The zero-order valence-electron chi connectivity index (χ0n) is 12.3. The average molecular weight is 254 g/mol. The predicted octanol–water partition coefficient (Wildman–Crippen LogP) is 6.33. The molecule has 0 spiro atoms. The molecule has 0 aliphatic carbocycles. The van der Waals surface area contributed by atoms with E-state index in [0.29, 0.717) is 0 Å². The van der Waals surface area contributed by atoms with Crippen molar-refractivity contribution in [3.05, 3.63) is 30.3 Å². The minimum Gasteiger partial charge on any atom is -0.494 e. The maximum atomic E-state index is 5.55. The first kappa shape index (κ1) is 22.2. The first-order valence-electron chi connectivity index (χ1n) is 7.11. The molecule has 0 bridgehead atoms. The SMILES string of the molecule is C.CC.CC.CCCCCCOc1ccccc1. The second-order valence-electron chi connectivity index (χ2n) is 3.22. The lowest BCUT2D eigenvalue weighted by molar-refractivity contribution is 0.305. The van der Waals surface area contributed by atoms with Gasteiger partial charge < -0.3 is 4.74 Å². The molecule has 1 nitrogen and oxygen atoms in total. The van der Waals surface area contributed by atoms with Crippen molar-refractivity contribution in [2.24, 2.45) is 0 Å². The molecule has 1 rings (SSSR count). The Morgan fingerprint density at radius 1 is 0.833 bits per heavy atom. The van der Waals surface area contributed by atoms with E-state index >= 15 is 0 Å². The van der Waals surface area contributed by atoms with E-state index < -0.39 is 0 Å². The van der Waals surface area contributed by atoms with Gasteiger partial charge in [0.15, 0.2) is 0 Å². The van der Waals surface area contributed by atoms with Gasteiger partial charge in [-0.25, -0.2) is 0 Å². The Morgan fingerprint density at radius 2 is 1.39 bits per heavy atom. The first-order chi connectivity index (χ1) is 8.43. The Labute approximate surface area is 116 Å². The van der Waals surface area contributed by atoms with Gasteiger partial charge in [0, 0.05) is 0 Å². The molecule has 0 unspecified atom stereocenters. The third-order valence-electron chi connectivity index (χ3n) is 2.01. The number of unbranched alkanes of at least 4 members (excludes halogenated alkanes) is 3. The molecule has 1 aromatic rings. The van der Waals surface area contributed by atoms with E-state index in [-0.39, 0.29) is 7.43 Å². The van der Waals surface area contributed by atoms with Gasteiger partial charge in [0.2, 0.25) is 0 Å². The number of para-hydroxylation sites is 1. The maximum absolute atomic E-state index is 5.55. The van der Waals surface area contributed by atoms with E-state index in [1.54, 1.807) is 0 Å². The summed E-state index contributed by atoms with van der Waals surface area (Å²) in [5.41, 5.74) is 0. The van der Waals surface area contributed by atoms with Crippen LogP contribution in [0.15, 0.2) is 30.3 Å². The summed E-state index contributed by atoms with van der Waals surface area (Å²) in [5.74, 6) is 0.985. The topological polar surface area (TPSA) is 9.23 Å². The Balaban J connectivity index is -0.000000409. The minimum absolute atomic E-state index is 0. The number of benzene rings is 1. The van der Waals surface area contributed by atoms with Crippen LogP contribution in [0.4, 0.5) is 0 Å². The summed E-state index contributed by atoms with van der Waals surface area (Å²) in [4.78, 5) is 0. The van der Waals surface area contributed by atoms with Gasteiger partial charge in [-0.15, -0.1) is 0 Å². The van der Waals surface area contributed by atoms with Crippen LogP contribution in [0.5, 0.6) is 5.75 Å². The summed E-state index contributed by atoms with van der Waals surface area (Å²) in [6, 6.07) is 10.0. The van der Waals surface area contributed by atoms with Crippen molar-refractivity contribution < 1.29 is 4.74 Å². The molecule has 1 heteroatoms. The van der Waals surface area contributed by atoms with Crippen LogP contribution < -0.4 is 4.74 Å². The third-order valence-corrected chi connectivity index (χ3v) is 2.01. The van der Waals surface area contributed by atoms with E-state index in [1.165, 1.54) is 25.7 Å². The number of rotatable bonds is 6. The second-order valence-corrected chi connectivity index (χ2v) is 3.22. The molecule has 0 saturated heterocycles. The summed E-state index contributed by atoms with van der Waals surface area (Å²) in [7, 11) is 0. The average Bonchev–Trinajstić information content (AvgIpc) is 2.44. The molecule has 0 saturated carbocycles. The smallest absolute Gasteiger partial charge is 0.119 e. The van der Waals surface area contributed by atoms with Crippen LogP contribution in [-0.4, -0.2) is 6.61 Å². The Bertz CT molecular complexity index is 206. The molecule has 1 aromatic carbocycles. The summed E-state index contributed by atoms with van der Waals surface area (Å²) < 4.78 is 5.55. The van der Waals surface area contributed by atoms with Gasteiger partial charge in [0.1, 0.15) is 5.75 Å². The fourth-order valence-electron chi connectivity index (χ4n) is 1.24. The molecular weight excluding hydrogens is 220 g/mol. The van der Waals surface area contributed by atoms with E-state index in [1.807, 2.05) is 58.0 Å². The molecule has 0 aliphatic rings. The summed E-state index contributed by atoms with van der Waals surface area (Å²) in [5, 5.41) is 0. The van der Waals surface area contributed by atoms with Crippen LogP contribution in [0.25, 0.3) is 0 Å². The van der Waals surface area contributed by atoms with Gasteiger partial charge in [-0.05, 0) is 18.6 Å².